The molecule has 1 aliphatic heterocycles. The number of hydrogen-bond donors (Lipinski definition) is 1. The fourth-order valence-electron chi connectivity index (χ4n) is 3.03. The van der Waals surface area contributed by atoms with Crippen molar-refractivity contribution in [3.05, 3.63) is 0 Å². The van der Waals surface area contributed by atoms with Gasteiger partial charge in [0, 0.05) is 17.9 Å². The Labute approximate surface area is 122 Å². The molecule has 0 bridgehead atoms. The van der Waals surface area contributed by atoms with Crippen molar-refractivity contribution in [2.24, 2.45) is 16.8 Å². The van der Waals surface area contributed by atoms with Gasteiger partial charge >= 0.3 is 0 Å². The Bertz CT molecular complexity index is 319. The zero-order valence-corrected chi connectivity index (χ0v) is 13.4. The number of nitrogens with one attached hydrogen (secondary N) is 1. The Balaban J connectivity index is 1.72. The molecule has 1 saturated carbocycles. The minimum absolute atomic E-state index is 0.347. The summed E-state index contributed by atoms with van der Waals surface area (Å²) < 4.78 is 5.56. The summed E-state index contributed by atoms with van der Waals surface area (Å²) in [5, 5.41) is 4.83. The first kappa shape index (κ1) is 15.2. The number of rotatable bonds is 5. The van der Waals surface area contributed by atoms with Crippen LogP contribution in [-0.4, -0.2) is 36.2 Å². The maximum absolute atomic E-state index is 5.56. The van der Waals surface area contributed by atoms with Crippen LogP contribution in [0, 0.1) is 11.8 Å². The Morgan fingerprint density at radius 2 is 2.37 bits per heavy atom. The van der Waals surface area contributed by atoms with Crippen molar-refractivity contribution in [1.82, 2.24) is 5.32 Å². The molecule has 1 spiro atoms. The summed E-state index contributed by atoms with van der Waals surface area (Å²) in [4.78, 5) is 4.64. The molecular formula is C15H28N2OS. The Morgan fingerprint density at radius 1 is 1.53 bits per heavy atom. The molecule has 0 aromatic carbocycles. The lowest BCUT2D eigenvalue weighted by molar-refractivity contribution is 0.117. The lowest BCUT2D eigenvalue weighted by atomic mass is 9.78. The topological polar surface area (TPSA) is 33.6 Å². The van der Waals surface area contributed by atoms with Crippen molar-refractivity contribution in [3.8, 4) is 0 Å². The number of ether oxygens (including phenoxy) is 1. The van der Waals surface area contributed by atoms with E-state index in [0.717, 1.165) is 30.8 Å². The standard InChI is InChI=1S/C15H28N2OS/c1-12(2)10-18-8-7-16-14-17-15(11-19-14)6-4-5-13(3)9-15/h12-13H,4-11H2,1-3H3,(H,16,17). The average molecular weight is 284 g/mol. The van der Waals surface area contributed by atoms with Gasteiger partial charge in [-0.1, -0.05) is 45.4 Å². The van der Waals surface area contributed by atoms with Gasteiger partial charge in [0.25, 0.3) is 0 Å². The molecule has 2 fully saturated rings. The van der Waals surface area contributed by atoms with Gasteiger partial charge in [-0.15, -0.1) is 0 Å². The van der Waals surface area contributed by atoms with E-state index in [1.54, 1.807) is 0 Å². The van der Waals surface area contributed by atoms with E-state index < -0.39 is 0 Å². The number of hydrogen-bond acceptors (Lipinski definition) is 3. The summed E-state index contributed by atoms with van der Waals surface area (Å²) in [5.74, 6) is 2.66. The molecule has 110 valence electrons. The van der Waals surface area contributed by atoms with Crippen LogP contribution < -0.4 is 5.32 Å². The Hall–Kier alpha value is -0.220. The minimum atomic E-state index is 0.347. The van der Waals surface area contributed by atoms with E-state index in [9.17, 15) is 0 Å². The molecule has 0 aromatic rings. The smallest absolute Gasteiger partial charge is 0.157 e. The van der Waals surface area contributed by atoms with Crippen LogP contribution >= 0.6 is 11.8 Å². The minimum Gasteiger partial charge on any atom is -0.379 e. The molecule has 2 rings (SSSR count). The molecule has 0 amide bonds. The summed E-state index contributed by atoms with van der Waals surface area (Å²) in [5.41, 5.74) is 0.347. The second kappa shape index (κ2) is 6.98. The molecule has 2 aliphatic rings. The molecule has 19 heavy (non-hydrogen) atoms. The van der Waals surface area contributed by atoms with E-state index in [1.165, 1.54) is 31.4 Å². The molecule has 1 heterocycles. The quantitative estimate of drug-likeness (QED) is 0.787. The zero-order chi connectivity index (χ0) is 13.7. The lowest BCUT2D eigenvalue weighted by Crippen LogP contribution is -2.47. The highest BCUT2D eigenvalue weighted by atomic mass is 32.2. The Morgan fingerprint density at radius 3 is 3.11 bits per heavy atom. The Kier molecular flexibility index (Phi) is 5.58. The van der Waals surface area contributed by atoms with Crippen LogP contribution in [0.3, 0.4) is 0 Å². The van der Waals surface area contributed by atoms with Crippen LogP contribution in [0.25, 0.3) is 0 Å². The maximum atomic E-state index is 5.56. The van der Waals surface area contributed by atoms with Gasteiger partial charge in [0.2, 0.25) is 0 Å². The molecule has 1 N–H and O–H groups in total. The molecule has 2 unspecified atom stereocenters. The van der Waals surface area contributed by atoms with Gasteiger partial charge in [-0.25, -0.2) is 0 Å². The first-order valence-electron chi connectivity index (χ1n) is 7.63. The molecule has 0 aromatic heterocycles. The highest BCUT2D eigenvalue weighted by Gasteiger charge is 2.40. The van der Waals surface area contributed by atoms with E-state index in [2.05, 4.69) is 31.1 Å². The highest BCUT2D eigenvalue weighted by molar-refractivity contribution is 8.14. The van der Waals surface area contributed by atoms with Gasteiger partial charge in [-0.3, -0.25) is 4.99 Å². The van der Waals surface area contributed by atoms with Crippen LogP contribution in [0.2, 0.25) is 0 Å². The van der Waals surface area contributed by atoms with Crippen molar-refractivity contribution in [2.75, 3.05) is 25.5 Å². The molecular weight excluding hydrogens is 256 g/mol. The largest absolute Gasteiger partial charge is 0.379 e. The SMILES string of the molecule is CC(C)COCCN=C1NC2(CCCC(C)C2)CS1. The molecule has 2 atom stereocenters. The molecule has 1 saturated heterocycles. The van der Waals surface area contributed by atoms with Crippen LogP contribution in [0.15, 0.2) is 4.99 Å². The third-order valence-corrected chi connectivity index (χ3v) is 5.09. The summed E-state index contributed by atoms with van der Waals surface area (Å²) >= 11 is 1.90. The van der Waals surface area contributed by atoms with Crippen LogP contribution in [0.5, 0.6) is 0 Å². The second-order valence-electron chi connectivity index (χ2n) is 6.55. The highest BCUT2D eigenvalue weighted by Crippen LogP contribution is 2.38. The molecule has 4 heteroatoms. The van der Waals surface area contributed by atoms with Crippen molar-refractivity contribution in [3.63, 3.8) is 0 Å². The van der Waals surface area contributed by atoms with Gasteiger partial charge in [0.1, 0.15) is 0 Å². The van der Waals surface area contributed by atoms with E-state index in [4.69, 9.17) is 4.74 Å². The molecule has 0 radical (unpaired) electrons. The lowest BCUT2D eigenvalue weighted by Gasteiger charge is -2.36. The van der Waals surface area contributed by atoms with Crippen molar-refractivity contribution >= 4 is 16.9 Å². The monoisotopic (exact) mass is 284 g/mol. The third-order valence-electron chi connectivity index (χ3n) is 3.89. The fourth-order valence-corrected chi connectivity index (χ4v) is 4.24. The fraction of sp³-hybridized carbons (Fsp3) is 0.933. The van der Waals surface area contributed by atoms with Crippen LogP contribution in [0.1, 0.15) is 46.5 Å². The van der Waals surface area contributed by atoms with Gasteiger partial charge < -0.3 is 10.1 Å². The van der Waals surface area contributed by atoms with Crippen molar-refractivity contribution in [2.45, 2.75) is 52.0 Å². The third kappa shape index (κ3) is 4.67. The van der Waals surface area contributed by atoms with Gasteiger partial charge in [-0.2, -0.15) is 0 Å². The van der Waals surface area contributed by atoms with E-state index >= 15 is 0 Å². The number of aliphatic imine (C=N–C) groups is 1. The van der Waals surface area contributed by atoms with E-state index in [0.29, 0.717) is 11.5 Å². The average Bonchev–Trinajstić information content (AvgIpc) is 2.71. The number of nitrogens with zero attached hydrogens (tertiary/aromatic N) is 1. The van der Waals surface area contributed by atoms with Crippen LogP contribution in [-0.2, 0) is 4.74 Å². The first-order chi connectivity index (χ1) is 9.10. The predicted octanol–water partition coefficient (Wildman–Crippen LogP) is 3.30. The van der Waals surface area contributed by atoms with E-state index in [1.807, 2.05) is 11.8 Å². The summed E-state index contributed by atoms with van der Waals surface area (Å²) in [6.07, 6.45) is 5.37. The number of thioether (sulfide) groups is 1. The maximum Gasteiger partial charge on any atom is 0.157 e. The van der Waals surface area contributed by atoms with Crippen molar-refractivity contribution < 1.29 is 4.74 Å². The summed E-state index contributed by atoms with van der Waals surface area (Å²) in [6, 6.07) is 0. The second-order valence-corrected chi connectivity index (χ2v) is 7.52. The summed E-state index contributed by atoms with van der Waals surface area (Å²) in [7, 11) is 0. The van der Waals surface area contributed by atoms with Crippen molar-refractivity contribution in [1.29, 1.82) is 0 Å². The van der Waals surface area contributed by atoms with Crippen LogP contribution in [0.4, 0.5) is 0 Å². The first-order valence-corrected chi connectivity index (χ1v) is 8.61. The molecule has 1 aliphatic carbocycles. The zero-order valence-electron chi connectivity index (χ0n) is 12.6. The number of amidine groups is 1. The van der Waals surface area contributed by atoms with Gasteiger partial charge in [0.05, 0.1) is 13.2 Å². The van der Waals surface area contributed by atoms with Gasteiger partial charge in [0.15, 0.2) is 5.17 Å². The van der Waals surface area contributed by atoms with E-state index in [-0.39, 0.29) is 0 Å². The normalized spacial score (nSPS) is 33.3. The molecule has 3 nitrogen and oxygen atoms in total. The predicted molar refractivity (Wildman–Crippen MR) is 83.9 cm³/mol. The summed E-state index contributed by atoms with van der Waals surface area (Å²) in [6.45, 7) is 9.10. The van der Waals surface area contributed by atoms with Gasteiger partial charge in [-0.05, 0) is 24.7 Å².